The van der Waals surface area contributed by atoms with Crippen molar-refractivity contribution < 1.29 is 0 Å². The molecule has 0 saturated carbocycles. The van der Waals surface area contributed by atoms with Crippen LogP contribution in [0, 0.1) is 11.3 Å². The molecule has 0 amide bonds. The SMILES string of the molecule is N#C/C(=C\c1nccc2ccccc12)c1ccccc1. The topological polar surface area (TPSA) is 36.7 Å². The van der Waals surface area contributed by atoms with E-state index in [2.05, 4.69) is 11.1 Å². The molecule has 1 heterocycles. The fourth-order valence-corrected chi connectivity index (χ4v) is 2.19. The smallest absolute Gasteiger partial charge is 0.0998 e. The van der Waals surface area contributed by atoms with Gasteiger partial charge in [-0.3, -0.25) is 4.98 Å². The molecule has 0 saturated heterocycles. The summed E-state index contributed by atoms with van der Waals surface area (Å²) in [5, 5.41) is 11.5. The molecule has 0 fully saturated rings. The van der Waals surface area contributed by atoms with E-state index in [1.165, 1.54) is 0 Å². The molecule has 3 aromatic rings. The van der Waals surface area contributed by atoms with Crippen LogP contribution in [0.4, 0.5) is 0 Å². The van der Waals surface area contributed by atoms with E-state index in [0.29, 0.717) is 5.57 Å². The monoisotopic (exact) mass is 256 g/mol. The lowest BCUT2D eigenvalue weighted by Crippen LogP contribution is -1.86. The summed E-state index contributed by atoms with van der Waals surface area (Å²) in [6.07, 6.45) is 3.62. The van der Waals surface area contributed by atoms with Gasteiger partial charge in [0.2, 0.25) is 0 Å². The van der Waals surface area contributed by atoms with E-state index in [-0.39, 0.29) is 0 Å². The van der Waals surface area contributed by atoms with Gasteiger partial charge in [0, 0.05) is 11.6 Å². The molecule has 0 spiro atoms. The molecule has 2 aromatic carbocycles. The number of allylic oxidation sites excluding steroid dienone is 1. The van der Waals surface area contributed by atoms with E-state index < -0.39 is 0 Å². The Morgan fingerprint density at radius 1 is 0.950 bits per heavy atom. The fourth-order valence-electron chi connectivity index (χ4n) is 2.19. The van der Waals surface area contributed by atoms with Gasteiger partial charge in [-0.1, -0.05) is 54.6 Å². The third kappa shape index (κ3) is 2.30. The summed E-state index contributed by atoms with van der Waals surface area (Å²) in [7, 11) is 0. The van der Waals surface area contributed by atoms with E-state index >= 15 is 0 Å². The fraction of sp³-hybridized carbons (Fsp3) is 0. The highest BCUT2D eigenvalue weighted by atomic mass is 14.7. The number of hydrogen-bond donors (Lipinski definition) is 0. The van der Waals surface area contributed by atoms with Crippen LogP contribution in [0.3, 0.4) is 0 Å². The van der Waals surface area contributed by atoms with Crippen LogP contribution in [0.15, 0.2) is 66.9 Å². The maximum Gasteiger partial charge on any atom is 0.0998 e. The molecule has 0 aliphatic rings. The standard InChI is InChI=1S/C18H12N2/c19-13-16(14-6-2-1-3-7-14)12-18-17-9-5-4-8-15(17)10-11-20-18/h1-12H/b16-12+. The first-order valence-corrected chi connectivity index (χ1v) is 6.39. The second kappa shape index (κ2) is 5.38. The van der Waals surface area contributed by atoms with Crippen molar-refractivity contribution in [2.24, 2.45) is 0 Å². The summed E-state index contributed by atoms with van der Waals surface area (Å²) >= 11 is 0. The van der Waals surface area contributed by atoms with Crippen molar-refractivity contribution in [2.45, 2.75) is 0 Å². The van der Waals surface area contributed by atoms with Gasteiger partial charge in [-0.15, -0.1) is 0 Å². The van der Waals surface area contributed by atoms with Crippen molar-refractivity contribution in [3.8, 4) is 6.07 Å². The first-order chi connectivity index (χ1) is 9.88. The van der Waals surface area contributed by atoms with Crippen LogP contribution in [-0.4, -0.2) is 4.98 Å². The highest BCUT2D eigenvalue weighted by Crippen LogP contribution is 2.22. The Labute approximate surface area is 117 Å². The molecular formula is C18H12N2. The molecule has 2 heteroatoms. The van der Waals surface area contributed by atoms with Crippen LogP contribution < -0.4 is 0 Å². The molecule has 20 heavy (non-hydrogen) atoms. The molecule has 0 aliphatic carbocycles. The summed E-state index contributed by atoms with van der Waals surface area (Å²) in [6, 6.07) is 21.9. The lowest BCUT2D eigenvalue weighted by Gasteiger charge is -2.03. The number of rotatable bonds is 2. The van der Waals surface area contributed by atoms with Gasteiger partial charge < -0.3 is 0 Å². The van der Waals surface area contributed by atoms with Gasteiger partial charge in [0.15, 0.2) is 0 Å². The zero-order valence-electron chi connectivity index (χ0n) is 10.8. The third-order valence-corrected chi connectivity index (χ3v) is 3.19. The summed E-state index contributed by atoms with van der Waals surface area (Å²) in [5.41, 5.74) is 2.35. The second-order valence-electron chi connectivity index (χ2n) is 4.45. The van der Waals surface area contributed by atoms with Gasteiger partial charge in [-0.05, 0) is 23.1 Å². The normalized spacial score (nSPS) is 11.2. The molecule has 0 aliphatic heterocycles. The minimum Gasteiger partial charge on any atom is -0.256 e. The van der Waals surface area contributed by atoms with Crippen molar-refractivity contribution in [3.63, 3.8) is 0 Å². The number of fused-ring (bicyclic) bond motifs is 1. The van der Waals surface area contributed by atoms with Crippen LogP contribution in [-0.2, 0) is 0 Å². The van der Waals surface area contributed by atoms with Crippen molar-refractivity contribution >= 4 is 22.4 Å². The van der Waals surface area contributed by atoms with E-state index in [4.69, 9.17) is 0 Å². The van der Waals surface area contributed by atoms with Crippen molar-refractivity contribution in [3.05, 3.63) is 78.1 Å². The van der Waals surface area contributed by atoms with Crippen molar-refractivity contribution in [1.29, 1.82) is 5.26 Å². The van der Waals surface area contributed by atoms with E-state index in [1.807, 2.05) is 66.7 Å². The average Bonchev–Trinajstić information content (AvgIpc) is 2.53. The molecule has 3 rings (SSSR count). The molecule has 0 bridgehead atoms. The molecule has 2 nitrogen and oxygen atoms in total. The number of aromatic nitrogens is 1. The molecule has 0 radical (unpaired) electrons. The predicted molar refractivity (Wildman–Crippen MR) is 81.7 cm³/mol. The van der Waals surface area contributed by atoms with Crippen molar-refractivity contribution in [2.75, 3.05) is 0 Å². The molecule has 94 valence electrons. The largest absolute Gasteiger partial charge is 0.256 e. The molecule has 0 unspecified atom stereocenters. The highest BCUT2D eigenvalue weighted by Gasteiger charge is 2.03. The van der Waals surface area contributed by atoms with Crippen LogP contribution >= 0.6 is 0 Å². The first kappa shape index (κ1) is 12.1. The Bertz CT molecular complexity index is 806. The molecule has 0 N–H and O–H groups in total. The van der Waals surface area contributed by atoms with Crippen LogP contribution in [0.25, 0.3) is 22.4 Å². The van der Waals surface area contributed by atoms with Crippen LogP contribution in [0.5, 0.6) is 0 Å². The van der Waals surface area contributed by atoms with Gasteiger partial charge in [0.05, 0.1) is 17.3 Å². The van der Waals surface area contributed by atoms with Crippen LogP contribution in [0.2, 0.25) is 0 Å². The number of nitrogens with zero attached hydrogens (tertiary/aromatic N) is 2. The highest BCUT2D eigenvalue weighted by molar-refractivity contribution is 5.96. The van der Waals surface area contributed by atoms with Gasteiger partial charge in [0.25, 0.3) is 0 Å². The summed E-state index contributed by atoms with van der Waals surface area (Å²) in [5.74, 6) is 0. The van der Waals surface area contributed by atoms with E-state index in [9.17, 15) is 5.26 Å². The quantitative estimate of drug-likeness (QED) is 0.641. The Morgan fingerprint density at radius 2 is 1.70 bits per heavy atom. The first-order valence-electron chi connectivity index (χ1n) is 6.39. The Hall–Kier alpha value is -2.92. The van der Waals surface area contributed by atoms with Gasteiger partial charge in [0.1, 0.15) is 0 Å². The minimum atomic E-state index is 0.620. The zero-order valence-corrected chi connectivity index (χ0v) is 10.8. The lowest BCUT2D eigenvalue weighted by molar-refractivity contribution is 1.33. The lowest BCUT2D eigenvalue weighted by atomic mass is 10.0. The molecular weight excluding hydrogens is 244 g/mol. The Balaban J connectivity index is 2.16. The number of hydrogen-bond acceptors (Lipinski definition) is 2. The van der Waals surface area contributed by atoms with E-state index in [1.54, 1.807) is 6.20 Å². The minimum absolute atomic E-state index is 0.620. The third-order valence-electron chi connectivity index (χ3n) is 3.19. The number of benzene rings is 2. The Kier molecular flexibility index (Phi) is 3.26. The number of nitriles is 1. The predicted octanol–water partition coefficient (Wildman–Crippen LogP) is 4.30. The maximum atomic E-state index is 9.37. The zero-order chi connectivity index (χ0) is 13.8. The molecule has 1 aromatic heterocycles. The summed E-state index contributed by atoms with van der Waals surface area (Å²) in [6.45, 7) is 0. The Morgan fingerprint density at radius 3 is 2.50 bits per heavy atom. The maximum absolute atomic E-state index is 9.37. The summed E-state index contributed by atoms with van der Waals surface area (Å²) < 4.78 is 0. The van der Waals surface area contributed by atoms with Gasteiger partial charge >= 0.3 is 0 Å². The van der Waals surface area contributed by atoms with Crippen LogP contribution in [0.1, 0.15) is 11.3 Å². The van der Waals surface area contributed by atoms with Crippen molar-refractivity contribution in [1.82, 2.24) is 4.98 Å². The summed E-state index contributed by atoms with van der Waals surface area (Å²) in [4.78, 5) is 4.39. The number of pyridine rings is 1. The average molecular weight is 256 g/mol. The van der Waals surface area contributed by atoms with Gasteiger partial charge in [-0.2, -0.15) is 5.26 Å². The molecule has 0 atom stereocenters. The van der Waals surface area contributed by atoms with E-state index in [0.717, 1.165) is 22.0 Å². The van der Waals surface area contributed by atoms with Gasteiger partial charge in [-0.25, -0.2) is 0 Å². The second-order valence-corrected chi connectivity index (χ2v) is 4.45.